The molecule has 8 heteroatoms. The lowest BCUT2D eigenvalue weighted by Gasteiger charge is -2.30. The number of hydrogen-bond donors (Lipinski definition) is 1. The average Bonchev–Trinajstić information content (AvgIpc) is 3.44. The van der Waals surface area contributed by atoms with Gasteiger partial charge in [0.05, 0.1) is 18.0 Å². The molecule has 1 saturated heterocycles. The first kappa shape index (κ1) is 25.7. The van der Waals surface area contributed by atoms with Gasteiger partial charge < -0.3 is 10.1 Å². The van der Waals surface area contributed by atoms with Gasteiger partial charge in [-0.25, -0.2) is 8.42 Å². The van der Waals surface area contributed by atoms with E-state index in [4.69, 9.17) is 4.74 Å². The number of benzene rings is 2. The average molecular weight is 500 g/mol. The summed E-state index contributed by atoms with van der Waals surface area (Å²) in [7, 11) is -0.342. The fourth-order valence-electron chi connectivity index (χ4n) is 5.33. The second-order valence-corrected chi connectivity index (χ2v) is 11.5. The summed E-state index contributed by atoms with van der Waals surface area (Å²) >= 11 is 0. The molecule has 2 aromatic rings. The van der Waals surface area contributed by atoms with Crippen LogP contribution in [0.1, 0.15) is 66.9 Å². The quantitative estimate of drug-likeness (QED) is 0.559. The van der Waals surface area contributed by atoms with Gasteiger partial charge >= 0.3 is 0 Å². The van der Waals surface area contributed by atoms with E-state index < -0.39 is 10.0 Å². The maximum Gasteiger partial charge on any atom is 0.251 e. The summed E-state index contributed by atoms with van der Waals surface area (Å²) in [5, 5.41) is 3.05. The Morgan fingerprint density at radius 3 is 2.49 bits per heavy atom. The molecule has 2 fully saturated rings. The molecule has 2 aromatic carbocycles. The van der Waals surface area contributed by atoms with E-state index in [1.165, 1.54) is 10.4 Å². The minimum Gasteiger partial charge on any atom is -0.496 e. The maximum absolute atomic E-state index is 13.3. The minimum absolute atomic E-state index is 0.0121. The van der Waals surface area contributed by atoms with Crippen LogP contribution >= 0.6 is 0 Å². The van der Waals surface area contributed by atoms with E-state index in [-0.39, 0.29) is 22.9 Å². The van der Waals surface area contributed by atoms with E-state index in [0.29, 0.717) is 12.1 Å². The molecule has 0 spiro atoms. The van der Waals surface area contributed by atoms with Crippen molar-refractivity contribution in [1.29, 1.82) is 0 Å². The number of ether oxygens (including phenoxy) is 1. The lowest BCUT2D eigenvalue weighted by molar-refractivity contribution is 0.0937. The SMILES string of the molecule is COc1ccccc1[C@H](CNC(=O)c1cccc(S(=O)(=O)N(C)C2CCCCC2)c1)N1CCCC1. The molecule has 1 aliphatic heterocycles. The smallest absolute Gasteiger partial charge is 0.251 e. The normalized spacial score (nSPS) is 18.5. The zero-order chi connectivity index (χ0) is 24.8. The van der Waals surface area contributed by atoms with Crippen molar-refractivity contribution in [2.24, 2.45) is 0 Å². The van der Waals surface area contributed by atoms with Crippen molar-refractivity contribution in [3.8, 4) is 5.75 Å². The van der Waals surface area contributed by atoms with Crippen LogP contribution in [0, 0.1) is 0 Å². The number of para-hydroxylation sites is 1. The second-order valence-electron chi connectivity index (χ2n) is 9.55. The third-order valence-corrected chi connectivity index (χ3v) is 9.30. The lowest BCUT2D eigenvalue weighted by Crippen LogP contribution is -2.38. The van der Waals surface area contributed by atoms with Gasteiger partial charge in [0.15, 0.2) is 0 Å². The zero-order valence-corrected chi connectivity index (χ0v) is 21.6. The Morgan fingerprint density at radius 2 is 1.77 bits per heavy atom. The van der Waals surface area contributed by atoms with Gasteiger partial charge in [-0.15, -0.1) is 0 Å². The molecule has 1 atom stereocenters. The molecule has 0 aromatic heterocycles. The highest BCUT2D eigenvalue weighted by molar-refractivity contribution is 7.89. The third-order valence-electron chi connectivity index (χ3n) is 7.40. The molecule has 0 radical (unpaired) electrons. The Hall–Kier alpha value is -2.42. The summed E-state index contributed by atoms with van der Waals surface area (Å²) in [4.78, 5) is 15.7. The Labute approximate surface area is 209 Å². The van der Waals surface area contributed by atoms with Crippen LogP contribution in [0.25, 0.3) is 0 Å². The highest BCUT2D eigenvalue weighted by Crippen LogP contribution is 2.31. The van der Waals surface area contributed by atoms with Crippen LogP contribution in [0.2, 0.25) is 0 Å². The van der Waals surface area contributed by atoms with Crippen molar-refractivity contribution in [1.82, 2.24) is 14.5 Å². The van der Waals surface area contributed by atoms with Crippen molar-refractivity contribution < 1.29 is 17.9 Å². The van der Waals surface area contributed by atoms with Crippen LogP contribution in [0.15, 0.2) is 53.4 Å². The van der Waals surface area contributed by atoms with Crippen molar-refractivity contribution in [2.45, 2.75) is 61.9 Å². The van der Waals surface area contributed by atoms with Crippen LogP contribution < -0.4 is 10.1 Å². The van der Waals surface area contributed by atoms with Crippen molar-refractivity contribution in [2.75, 3.05) is 33.8 Å². The highest BCUT2D eigenvalue weighted by atomic mass is 32.2. The van der Waals surface area contributed by atoms with Crippen molar-refractivity contribution in [3.63, 3.8) is 0 Å². The van der Waals surface area contributed by atoms with Crippen LogP contribution in [-0.2, 0) is 10.0 Å². The van der Waals surface area contributed by atoms with Gasteiger partial charge in [-0.1, -0.05) is 43.5 Å². The molecule has 1 aliphatic carbocycles. The number of likely N-dealkylation sites (tertiary alicyclic amines) is 1. The fraction of sp³-hybridized carbons (Fsp3) is 0.519. The monoisotopic (exact) mass is 499 g/mol. The van der Waals surface area contributed by atoms with Gasteiger partial charge in [0, 0.05) is 30.8 Å². The molecule has 1 N–H and O–H groups in total. The second kappa shape index (κ2) is 11.5. The summed E-state index contributed by atoms with van der Waals surface area (Å²) in [6.07, 6.45) is 7.30. The number of sulfonamides is 1. The van der Waals surface area contributed by atoms with Gasteiger partial charge in [0.1, 0.15) is 5.75 Å². The van der Waals surface area contributed by atoms with Gasteiger partial charge in [-0.2, -0.15) is 4.31 Å². The predicted octanol–water partition coefficient (Wildman–Crippen LogP) is 4.22. The summed E-state index contributed by atoms with van der Waals surface area (Å²) in [6.45, 7) is 2.36. The Morgan fingerprint density at radius 1 is 1.06 bits per heavy atom. The molecule has 1 amide bonds. The third kappa shape index (κ3) is 5.88. The molecular weight excluding hydrogens is 462 g/mol. The van der Waals surface area contributed by atoms with Gasteiger partial charge in [-0.3, -0.25) is 9.69 Å². The molecule has 7 nitrogen and oxygen atoms in total. The molecule has 1 heterocycles. The number of nitrogens with one attached hydrogen (secondary N) is 1. The Balaban J connectivity index is 1.49. The number of nitrogens with zero attached hydrogens (tertiary/aromatic N) is 2. The minimum atomic E-state index is -3.66. The molecule has 35 heavy (non-hydrogen) atoms. The maximum atomic E-state index is 13.3. The number of carbonyl (C=O) groups is 1. The predicted molar refractivity (Wildman–Crippen MR) is 137 cm³/mol. The van der Waals surface area contributed by atoms with Gasteiger partial charge in [0.2, 0.25) is 10.0 Å². The largest absolute Gasteiger partial charge is 0.496 e. The van der Waals surface area contributed by atoms with E-state index in [9.17, 15) is 13.2 Å². The van der Waals surface area contributed by atoms with Crippen LogP contribution in [0.4, 0.5) is 0 Å². The first-order valence-electron chi connectivity index (χ1n) is 12.6. The van der Waals surface area contributed by atoms with Gasteiger partial charge in [0.25, 0.3) is 5.91 Å². The highest BCUT2D eigenvalue weighted by Gasteiger charge is 2.30. The number of carbonyl (C=O) groups excluding carboxylic acids is 1. The van der Waals surface area contributed by atoms with Crippen LogP contribution in [0.5, 0.6) is 5.75 Å². The number of amides is 1. The first-order valence-corrected chi connectivity index (χ1v) is 14.1. The molecule has 0 unspecified atom stereocenters. The summed E-state index contributed by atoms with van der Waals surface area (Å²) in [6, 6.07) is 14.3. The summed E-state index contributed by atoms with van der Waals surface area (Å²) < 4.78 is 33.6. The molecule has 1 saturated carbocycles. The van der Waals surface area contributed by atoms with E-state index in [1.807, 2.05) is 24.3 Å². The summed E-state index contributed by atoms with van der Waals surface area (Å²) in [5.74, 6) is 0.527. The van der Waals surface area contributed by atoms with Crippen LogP contribution in [0.3, 0.4) is 0 Å². The van der Waals surface area contributed by atoms with Gasteiger partial charge in [-0.05, 0) is 63.0 Å². The molecule has 190 valence electrons. The lowest BCUT2D eigenvalue weighted by atomic mass is 9.96. The standard InChI is InChI=1S/C27H37N3O4S/c1-29(22-12-4-3-5-13-22)35(32,33)23-14-10-11-21(19-23)27(31)28-20-25(30-17-8-9-18-30)24-15-6-7-16-26(24)34-2/h6-7,10-11,14-16,19,22,25H,3-5,8-9,12-13,17-18,20H2,1-2H3,(H,28,31)/t25-/m0/s1. The zero-order valence-electron chi connectivity index (χ0n) is 20.8. The van der Waals surface area contributed by atoms with Crippen molar-refractivity contribution >= 4 is 15.9 Å². The fourth-order valence-corrected chi connectivity index (χ4v) is 6.79. The first-order chi connectivity index (χ1) is 16.9. The van der Waals surface area contributed by atoms with E-state index in [1.54, 1.807) is 32.4 Å². The topological polar surface area (TPSA) is 78.9 Å². The van der Waals surface area contributed by atoms with E-state index in [0.717, 1.165) is 69.3 Å². The molecular formula is C27H37N3O4S. The molecule has 2 aliphatic rings. The van der Waals surface area contributed by atoms with Crippen LogP contribution in [-0.4, -0.2) is 63.4 Å². The Kier molecular flexibility index (Phi) is 8.46. The number of methoxy groups -OCH3 is 1. The Bertz CT molecular complexity index is 1110. The molecule has 4 rings (SSSR count). The van der Waals surface area contributed by atoms with E-state index >= 15 is 0 Å². The summed E-state index contributed by atoms with van der Waals surface area (Å²) in [5.41, 5.74) is 1.39. The number of rotatable bonds is 9. The van der Waals surface area contributed by atoms with Crippen molar-refractivity contribution in [3.05, 3.63) is 59.7 Å². The molecule has 0 bridgehead atoms. The van der Waals surface area contributed by atoms with E-state index in [2.05, 4.69) is 10.2 Å². The number of hydrogen-bond acceptors (Lipinski definition) is 5.